The Labute approximate surface area is 98.8 Å². The average Bonchev–Trinajstić information content (AvgIpc) is 2.69. The van der Waals surface area contributed by atoms with Crippen molar-refractivity contribution in [2.24, 2.45) is 0 Å². The van der Waals surface area contributed by atoms with E-state index in [0.717, 1.165) is 5.56 Å². The summed E-state index contributed by atoms with van der Waals surface area (Å²) in [7, 11) is 0. The molecule has 0 aliphatic rings. The van der Waals surface area contributed by atoms with Crippen LogP contribution >= 0.6 is 0 Å². The molecule has 1 N–H and O–H groups in total. The molecule has 0 bridgehead atoms. The van der Waals surface area contributed by atoms with E-state index in [1.807, 2.05) is 13.8 Å². The molecular weight excluding hydrogens is 220 g/mol. The fourth-order valence-corrected chi connectivity index (χ4v) is 1.69. The van der Waals surface area contributed by atoms with Gasteiger partial charge in [0.2, 0.25) is 0 Å². The first-order valence-electron chi connectivity index (χ1n) is 5.43. The molecule has 17 heavy (non-hydrogen) atoms. The summed E-state index contributed by atoms with van der Waals surface area (Å²) in [6, 6.07) is 4.99. The summed E-state index contributed by atoms with van der Waals surface area (Å²) in [5.41, 5.74) is 1.59. The maximum absolute atomic E-state index is 11.1. The molecule has 0 spiro atoms. The Bertz CT molecular complexity index is 539. The lowest BCUT2D eigenvalue weighted by atomic mass is 10.1. The molecule has 1 heterocycles. The van der Waals surface area contributed by atoms with Gasteiger partial charge < -0.3 is 14.3 Å². The third-order valence-electron chi connectivity index (χ3n) is 2.48. The highest BCUT2D eigenvalue weighted by Gasteiger charge is 2.15. The van der Waals surface area contributed by atoms with Crippen molar-refractivity contribution in [1.29, 1.82) is 0 Å². The second-order valence-corrected chi connectivity index (χ2v) is 4.10. The minimum absolute atomic E-state index is 0.0944. The summed E-state index contributed by atoms with van der Waals surface area (Å²) >= 11 is 0. The van der Waals surface area contributed by atoms with Crippen molar-refractivity contribution in [2.75, 3.05) is 0 Å². The van der Waals surface area contributed by atoms with Gasteiger partial charge in [0, 0.05) is 10.9 Å². The van der Waals surface area contributed by atoms with Gasteiger partial charge in [-0.25, -0.2) is 4.79 Å². The van der Waals surface area contributed by atoms with Gasteiger partial charge in [-0.1, -0.05) is 6.07 Å². The molecule has 0 saturated heterocycles. The molecule has 0 radical (unpaired) electrons. The van der Waals surface area contributed by atoms with Crippen molar-refractivity contribution in [3.05, 3.63) is 35.6 Å². The first kappa shape index (κ1) is 11.7. The van der Waals surface area contributed by atoms with E-state index in [2.05, 4.69) is 0 Å². The molecule has 4 nitrogen and oxygen atoms in total. The minimum Gasteiger partial charge on any atom is -0.478 e. The van der Waals surface area contributed by atoms with Gasteiger partial charge in [-0.05, 0) is 26.0 Å². The van der Waals surface area contributed by atoms with E-state index in [9.17, 15) is 4.79 Å². The van der Waals surface area contributed by atoms with Crippen molar-refractivity contribution < 1.29 is 19.1 Å². The van der Waals surface area contributed by atoms with Gasteiger partial charge in [-0.2, -0.15) is 0 Å². The van der Waals surface area contributed by atoms with Crippen molar-refractivity contribution in [3.63, 3.8) is 0 Å². The van der Waals surface area contributed by atoms with Crippen molar-refractivity contribution in [2.45, 2.75) is 26.6 Å². The minimum atomic E-state index is -0.956. The lowest BCUT2D eigenvalue weighted by Crippen LogP contribution is -2.03. The van der Waals surface area contributed by atoms with E-state index in [1.165, 1.54) is 0 Å². The number of furan rings is 1. The molecule has 0 aliphatic heterocycles. The molecule has 0 amide bonds. The highest BCUT2D eigenvalue weighted by atomic mass is 16.5. The number of carboxylic acids is 1. The molecule has 0 saturated carbocycles. The van der Waals surface area contributed by atoms with Crippen LogP contribution in [0.5, 0.6) is 0 Å². The van der Waals surface area contributed by atoms with Crippen LogP contribution in [0.4, 0.5) is 0 Å². The maximum atomic E-state index is 11.1. The molecule has 0 unspecified atom stereocenters. The van der Waals surface area contributed by atoms with Crippen LogP contribution in [-0.2, 0) is 11.3 Å². The molecule has 4 heteroatoms. The SMILES string of the molecule is CC(C)OCc1coc2cccc(C(=O)O)c12. The number of ether oxygens (including phenoxy) is 1. The molecule has 1 aromatic carbocycles. The molecule has 2 aromatic rings. The summed E-state index contributed by atoms with van der Waals surface area (Å²) in [6.07, 6.45) is 1.65. The molecular formula is C13H14O4. The van der Waals surface area contributed by atoms with Gasteiger partial charge in [0.25, 0.3) is 0 Å². The third kappa shape index (κ3) is 2.31. The zero-order valence-corrected chi connectivity index (χ0v) is 9.77. The fourth-order valence-electron chi connectivity index (χ4n) is 1.69. The quantitative estimate of drug-likeness (QED) is 0.883. The van der Waals surface area contributed by atoms with Crippen molar-refractivity contribution in [3.8, 4) is 0 Å². The molecule has 90 valence electrons. The van der Waals surface area contributed by atoms with Crippen molar-refractivity contribution >= 4 is 16.9 Å². The summed E-state index contributed by atoms with van der Waals surface area (Å²) in [4.78, 5) is 11.1. The Morgan fingerprint density at radius 1 is 1.47 bits per heavy atom. The Morgan fingerprint density at radius 2 is 2.24 bits per heavy atom. The standard InChI is InChI=1S/C13H14O4/c1-8(2)16-6-9-7-17-11-5-3-4-10(12(9)11)13(14)15/h3-5,7-8H,6H2,1-2H3,(H,14,15). The number of carboxylic acid groups (broad SMARTS) is 1. The number of hydrogen-bond donors (Lipinski definition) is 1. The topological polar surface area (TPSA) is 59.7 Å². The fraction of sp³-hybridized carbons (Fsp3) is 0.308. The predicted molar refractivity (Wildman–Crippen MR) is 63.1 cm³/mol. The van der Waals surface area contributed by atoms with Crippen LogP contribution in [0.25, 0.3) is 11.0 Å². The lowest BCUT2D eigenvalue weighted by Gasteiger charge is -2.06. The summed E-state index contributed by atoms with van der Waals surface area (Å²) in [6.45, 7) is 4.22. The Kier molecular flexibility index (Phi) is 3.15. The average molecular weight is 234 g/mol. The number of aromatic carboxylic acids is 1. The summed E-state index contributed by atoms with van der Waals surface area (Å²) in [5.74, 6) is -0.956. The van der Waals surface area contributed by atoms with E-state index in [1.54, 1.807) is 24.5 Å². The largest absolute Gasteiger partial charge is 0.478 e. The van der Waals surface area contributed by atoms with Gasteiger partial charge in [-0.3, -0.25) is 0 Å². The first-order valence-corrected chi connectivity index (χ1v) is 5.43. The monoisotopic (exact) mass is 234 g/mol. The molecule has 0 aliphatic carbocycles. The number of carbonyl (C=O) groups is 1. The third-order valence-corrected chi connectivity index (χ3v) is 2.48. The Balaban J connectivity index is 2.46. The van der Waals surface area contributed by atoms with Crippen LogP contribution < -0.4 is 0 Å². The molecule has 0 atom stereocenters. The zero-order chi connectivity index (χ0) is 12.4. The van der Waals surface area contributed by atoms with Crippen LogP contribution in [0.2, 0.25) is 0 Å². The number of benzene rings is 1. The Hall–Kier alpha value is -1.81. The summed E-state index contributed by atoms with van der Waals surface area (Å²) in [5, 5.41) is 9.75. The second kappa shape index (κ2) is 4.59. The maximum Gasteiger partial charge on any atom is 0.336 e. The van der Waals surface area contributed by atoms with Gasteiger partial charge in [0.1, 0.15) is 5.58 Å². The van der Waals surface area contributed by atoms with E-state index >= 15 is 0 Å². The van der Waals surface area contributed by atoms with Crippen LogP contribution in [0.15, 0.2) is 28.9 Å². The second-order valence-electron chi connectivity index (χ2n) is 4.10. The lowest BCUT2D eigenvalue weighted by molar-refractivity contribution is 0.0658. The van der Waals surface area contributed by atoms with Crippen LogP contribution in [0.3, 0.4) is 0 Å². The van der Waals surface area contributed by atoms with Crippen LogP contribution in [-0.4, -0.2) is 17.2 Å². The highest BCUT2D eigenvalue weighted by Crippen LogP contribution is 2.26. The predicted octanol–water partition coefficient (Wildman–Crippen LogP) is 3.06. The Morgan fingerprint density at radius 3 is 2.88 bits per heavy atom. The summed E-state index contributed by atoms with van der Waals surface area (Å²) < 4.78 is 10.8. The normalized spacial score (nSPS) is 11.2. The van der Waals surface area contributed by atoms with Gasteiger partial charge in [0.15, 0.2) is 0 Å². The van der Waals surface area contributed by atoms with E-state index in [0.29, 0.717) is 17.6 Å². The van der Waals surface area contributed by atoms with Crippen molar-refractivity contribution in [1.82, 2.24) is 0 Å². The number of fused-ring (bicyclic) bond motifs is 1. The van der Waals surface area contributed by atoms with Crippen LogP contribution in [0, 0.1) is 0 Å². The van der Waals surface area contributed by atoms with E-state index in [-0.39, 0.29) is 11.7 Å². The zero-order valence-electron chi connectivity index (χ0n) is 9.77. The molecule has 0 fully saturated rings. The number of rotatable bonds is 4. The molecule has 1 aromatic heterocycles. The first-order chi connectivity index (χ1) is 8.09. The van der Waals surface area contributed by atoms with Gasteiger partial charge in [-0.15, -0.1) is 0 Å². The highest BCUT2D eigenvalue weighted by molar-refractivity contribution is 6.03. The van der Waals surface area contributed by atoms with Gasteiger partial charge >= 0.3 is 5.97 Å². The van der Waals surface area contributed by atoms with E-state index < -0.39 is 5.97 Å². The van der Waals surface area contributed by atoms with Crippen LogP contribution in [0.1, 0.15) is 29.8 Å². The van der Waals surface area contributed by atoms with E-state index in [4.69, 9.17) is 14.3 Å². The van der Waals surface area contributed by atoms with Gasteiger partial charge in [0.05, 0.1) is 24.5 Å². The number of hydrogen-bond acceptors (Lipinski definition) is 3. The molecule has 2 rings (SSSR count). The smallest absolute Gasteiger partial charge is 0.336 e.